The van der Waals surface area contributed by atoms with E-state index in [1.807, 2.05) is 30.3 Å². The van der Waals surface area contributed by atoms with Crippen LogP contribution in [0.1, 0.15) is 33.2 Å². The summed E-state index contributed by atoms with van der Waals surface area (Å²) >= 11 is 0. The van der Waals surface area contributed by atoms with Crippen molar-refractivity contribution in [2.24, 2.45) is 0 Å². The number of ether oxygens (including phenoxy) is 3. The van der Waals surface area contributed by atoms with Crippen LogP contribution in [0.15, 0.2) is 60.9 Å². The highest BCUT2D eigenvalue weighted by Gasteiger charge is 2.43. The fourth-order valence-electron chi connectivity index (χ4n) is 4.53. The lowest BCUT2D eigenvalue weighted by atomic mass is 9.95. The number of nitrogens with zero attached hydrogens (tertiary/aromatic N) is 3. The van der Waals surface area contributed by atoms with Crippen molar-refractivity contribution >= 4 is 5.91 Å². The van der Waals surface area contributed by atoms with Gasteiger partial charge in [-0.3, -0.25) is 14.9 Å². The van der Waals surface area contributed by atoms with Crippen LogP contribution in [-0.4, -0.2) is 52.4 Å². The van der Waals surface area contributed by atoms with E-state index in [0.29, 0.717) is 46.3 Å². The third-order valence-corrected chi connectivity index (χ3v) is 6.10. The van der Waals surface area contributed by atoms with Crippen molar-refractivity contribution in [1.29, 1.82) is 0 Å². The number of carbonyl (C=O) groups is 1. The standard InChI is InChI=1S/C26H24N4O5/c1-33-19-11-16(12-20(34-2)25(19)35-3)24-21-22(17-8-4-5-9-18(17)31)28-29-23(21)26(32)30(24)14-15-7-6-10-27-13-15/h4-13,24,31H,14H2,1-3H3,(H,28,29)/t24-/m0/s1. The Morgan fingerprint density at radius 3 is 2.40 bits per heavy atom. The molecule has 0 radical (unpaired) electrons. The van der Waals surface area contributed by atoms with Gasteiger partial charge in [0.2, 0.25) is 5.75 Å². The van der Waals surface area contributed by atoms with Crippen molar-refractivity contribution in [3.05, 3.63) is 83.3 Å². The van der Waals surface area contributed by atoms with Crippen LogP contribution in [0.25, 0.3) is 11.3 Å². The number of aromatic amines is 1. The minimum atomic E-state index is -0.542. The molecule has 0 saturated carbocycles. The Labute approximate surface area is 201 Å². The average molecular weight is 473 g/mol. The zero-order chi connectivity index (χ0) is 24.5. The van der Waals surface area contributed by atoms with Crippen LogP contribution in [0.3, 0.4) is 0 Å². The number of H-pyrrole nitrogens is 1. The molecular formula is C26H24N4O5. The molecule has 2 aromatic heterocycles. The summed E-state index contributed by atoms with van der Waals surface area (Å²) in [7, 11) is 4.63. The molecule has 0 spiro atoms. The van der Waals surface area contributed by atoms with E-state index >= 15 is 0 Å². The third-order valence-electron chi connectivity index (χ3n) is 6.10. The summed E-state index contributed by atoms with van der Waals surface area (Å²) in [6.07, 6.45) is 3.42. The number of carbonyl (C=O) groups excluding carboxylic acids is 1. The number of phenols is 1. The molecule has 5 rings (SSSR count). The van der Waals surface area contributed by atoms with Gasteiger partial charge in [-0.1, -0.05) is 18.2 Å². The fourth-order valence-corrected chi connectivity index (χ4v) is 4.53. The molecular weight excluding hydrogens is 448 g/mol. The average Bonchev–Trinajstić information content (AvgIpc) is 3.43. The number of aromatic hydroxyl groups is 1. The quantitative estimate of drug-likeness (QED) is 0.419. The predicted molar refractivity (Wildman–Crippen MR) is 128 cm³/mol. The predicted octanol–water partition coefficient (Wildman–Crippen LogP) is 3.95. The van der Waals surface area contributed by atoms with Gasteiger partial charge in [0.05, 0.1) is 27.4 Å². The van der Waals surface area contributed by atoms with Gasteiger partial charge in [0.15, 0.2) is 11.5 Å². The Bertz CT molecular complexity index is 1360. The maximum Gasteiger partial charge on any atom is 0.273 e. The molecule has 1 atom stereocenters. The minimum Gasteiger partial charge on any atom is -0.507 e. The summed E-state index contributed by atoms with van der Waals surface area (Å²) in [5.41, 5.74) is 3.67. The van der Waals surface area contributed by atoms with Crippen LogP contribution in [0, 0.1) is 0 Å². The zero-order valence-corrected chi connectivity index (χ0v) is 19.5. The fraction of sp³-hybridized carbons (Fsp3) is 0.192. The van der Waals surface area contributed by atoms with Crippen LogP contribution < -0.4 is 14.2 Å². The Morgan fingerprint density at radius 1 is 1.03 bits per heavy atom. The molecule has 9 heteroatoms. The van der Waals surface area contributed by atoms with E-state index < -0.39 is 6.04 Å². The number of aromatic nitrogens is 3. The molecule has 1 aliphatic rings. The molecule has 2 aromatic carbocycles. The van der Waals surface area contributed by atoms with E-state index in [2.05, 4.69) is 15.2 Å². The number of phenolic OH excluding ortho intramolecular Hbond substituents is 1. The summed E-state index contributed by atoms with van der Waals surface area (Å²) in [5.74, 6) is 1.25. The van der Waals surface area contributed by atoms with Crippen molar-refractivity contribution < 1.29 is 24.1 Å². The van der Waals surface area contributed by atoms with E-state index in [4.69, 9.17) is 14.2 Å². The van der Waals surface area contributed by atoms with Gasteiger partial charge in [0, 0.05) is 30.1 Å². The van der Waals surface area contributed by atoms with Gasteiger partial charge >= 0.3 is 0 Å². The highest BCUT2D eigenvalue weighted by Crippen LogP contribution is 2.48. The molecule has 1 aliphatic heterocycles. The Hall–Kier alpha value is -4.53. The Balaban J connectivity index is 1.72. The van der Waals surface area contributed by atoms with Crippen LogP contribution in [0.4, 0.5) is 0 Å². The number of rotatable bonds is 7. The number of benzene rings is 2. The molecule has 0 aliphatic carbocycles. The Kier molecular flexibility index (Phi) is 5.74. The third kappa shape index (κ3) is 3.71. The molecule has 35 heavy (non-hydrogen) atoms. The zero-order valence-electron chi connectivity index (χ0n) is 19.5. The largest absolute Gasteiger partial charge is 0.507 e. The van der Waals surface area contributed by atoms with Crippen molar-refractivity contribution in [3.63, 3.8) is 0 Å². The highest BCUT2D eigenvalue weighted by atomic mass is 16.5. The van der Waals surface area contributed by atoms with Crippen LogP contribution in [-0.2, 0) is 6.54 Å². The second-order valence-electron chi connectivity index (χ2n) is 8.03. The first-order valence-electron chi connectivity index (χ1n) is 10.9. The molecule has 4 aromatic rings. The molecule has 1 amide bonds. The molecule has 3 heterocycles. The van der Waals surface area contributed by atoms with E-state index in [0.717, 1.165) is 11.1 Å². The number of nitrogens with one attached hydrogen (secondary N) is 1. The molecule has 2 N–H and O–H groups in total. The van der Waals surface area contributed by atoms with Gasteiger partial charge < -0.3 is 24.2 Å². The van der Waals surface area contributed by atoms with Gasteiger partial charge in [-0.05, 0) is 41.5 Å². The van der Waals surface area contributed by atoms with Gasteiger partial charge in [-0.25, -0.2) is 0 Å². The highest BCUT2D eigenvalue weighted by molar-refractivity contribution is 6.00. The number of amides is 1. The normalized spacial score (nSPS) is 14.7. The van der Waals surface area contributed by atoms with Crippen molar-refractivity contribution in [2.45, 2.75) is 12.6 Å². The Morgan fingerprint density at radius 2 is 1.77 bits per heavy atom. The maximum atomic E-state index is 13.6. The lowest BCUT2D eigenvalue weighted by Crippen LogP contribution is -2.29. The smallest absolute Gasteiger partial charge is 0.273 e. The van der Waals surface area contributed by atoms with Crippen LogP contribution in [0.5, 0.6) is 23.0 Å². The topological polar surface area (TPSA) is 110 Å². The van der Waals surface area contributed by atoms with E-state index in [1.54, 1.807) is 49.7 Å². The van der Waals surface area contributed by atoms with Crippen molar-refractivity contribution in [1.82, 2.24) is 20.1 Å². The lowest BCUT2D eigenvalue weighted by Gasteiger charge is -2.27. The summed E-state index contributed by atoms with van der Waals surface area (Å²) < 4.78 is 16.7. The summed E-state index contributed by atoms with van der Waals surface area (Å²) in [6.45, 7) is 0.316. The number of para-hydroxylation sites is 1. The van der Waals surface area contributed by atoms with Crippen molar-refractivity contribution in [3.8, 4) is 34.3 Å². The lowest BCUT2D eigenvalue weighted by molar-refractivity contribution is 0.0729. The first-order valence-corrected chi connectivity index (χ1v) is 10.9. The number of methoxy groups -OCH3 is 3. The molecule has 0 unspecified atom stereocenters. The van der Waals surface area contributed by atoms with Crippen LogP contribution >= 0.6 is 0 Å². The first kappa shape index (κ1) is 22.3. The molecule has 178 valence electrons. The summed E-state index contributed by atoms with van der Waals surface area (Å²) in [4.78, 5) is 19.6. The van der Waals surface area contributed by atoms with Gasteiger partial charge in [-0.2, -0.15) is 5.10 Å². The first-order chi connectivity index (χ1) is 17.1. The second-order valence-corrected chi connectivity index (χ2v) is 8.03. The molecule has 0 fully saturated rings. The second kappa shape index (κ2) is 9.02. The van der Waals surface area contributed by atoms with Crippen molar-refractivity contribution in [2.75, 3.05) is 21.3 Å². The van der Waals surface area contributed by atoms with Gasteiger partial charge in [0.1, 0.15) is 17.1 Å². The van der Waals surface area contributed by atoms with Gasteiger partial charge in [0.25, 0.3) is 5.91 Å². The molecule has 0 bridgehead atoms. The number of hydrogen-bond acceptors (Lipinski definition) is 7. The number of pyridine rings is 1. The number of hydrogen-bond donors (Lipinski definition) is 2. The number of fused-ring (bicyclic) bond motifs is 1. The SMILES string of the molecule is COc1cc([C@H]2c3c(-c4ccccc4O)n[nH]c3C(=O)N2Cc2cccnc2)cc(OC)c1OC. The van der Waals surface area contributed by atoms with Crippen LogP contribution in [0.2, 0.25) is 0 Å². The van der Waals surface area contributed by atoms with Gasteiger partial charge in [-0.15, -0.1) is 0 Å². The summed E-state index contributed by atoms with van der Waals surface area (Å²) in [6, 6.07) is 13.8. The van der Waals surface area contributed by atoms with E-state index in [9.17, 15) is 9.90 Å². The monoisotopic (exact) mass is 472 g/mol. The van der Waals surface area contributed by atoms with E-state index in [-0.39, 0.29) is 11.7 Å². The molecule has 9 nitrogen and oxygen atoms in total. The van der Waals surface area contributed by atoms with E-state index in [1.165, 1.54) is 7.11 Å². The molecule has 0 saturated heterocycles. The maximum absolute atomic E-state index is 13.6. The summed E-state index contributed by atoms with van der Waals surface area (Å²) in [5, 5.41) is 17.9. The minimum absolute atomic E-state index is 0.0728.